The summed E-state index contributed by atoms with van der Waals surface area (Å²) in [6.45, 7) is 1.77. The highest BCUT2D eigenvalue weighted by Gasteiger charge is 2.27. The van der Waals surface area contributed by atoms with Gasteiger partial charge in [0, 0.05) is 11.6 Å². The standard InChI is InChI=1S/C20H21N3O2/c1-24-17-11-9-16(10-12-17)20-21-19(22-25-20)14-23-13-5-8-18(23)15-6-3-2-4-7-15/h2-4,6-7,9-12,18H,5,8,13-14H2,1H3. The molecule has 5 nitrogen and oxygen atoms in total. The highest BCUT2D eigenvalue weighted by molar-refractivity contribution is 5.54. The number of rotatable bonds is 5. The molecule has 1 atom stereocenters. The van der Waals surface area contributed by atoms with Gasteiger partial charge in [0.25, 0.3) is 5.89 Å². The number of ether oxygens (including phenoxy) is 1. The van der Waals surface area contributed by atoms with E-state index in [-0.39, 0.29) is 0 Å². The lowest BCUT2D eigenvalue weighted by Gasteiger charge is -2.23. The summed E-state index contributed by atoms with van der Waals surface area (Å²) in [6, 6.07) is 18.7. The van der Waals surface area contributed by atoms with Crippen molar-refractivity contribution in [3.8, 4) is 17.2 Å². The summed E-state index contributed by atoms with van der Waals surface area (Å²) < 4.78 is 10.6. The van der Waals surface area contributed by atoms with Crippen LogP contribution in [0.1, 0.15) is 30.3 Å². The van der Waals surface area contributed by atoms with Crippen LogP contribution in [0.4, 0.5) is 0 Å². The van der Waals surface area contributed by atoms with E-state index in [0.717, 1.165) is 23.7 Å². The summed E-state index contributed by atoms with van der Waals surface area (Å²) in [5.74, 6) is 2.09. The fourth-order valence-corrected chi connectivity index (χ4v) is 3.42. The van der Waals surface area contributed by atoms with Gasteiger partial charge in [-0.25, -0.2) is 0 Å². The number of aromatic nitrogens is 2. The molecule has 0 spiro atoms. The van der Waals surface area contributed by atoms with Gasteiger partial charge in [0.2, 0.25) is 0 Å². The average molecular weight is 335 g/mol. The SMILES string of the molecule is COc1ccc(-c2nc(CN3CCCC3c3ccccc3)no2)cc1. The molecule has 3 aromatic rings. The Morgan fingerprint density at radius 3 is 2.68 bits per heavy atom. The first kappa shape index (κ1) is 15.8. The molecule has 0 N–H and O–H groups in total. The number of hydrogen-bond acceptors (Lipinski definition) is 5. The van der Waals surface area contributed by atoms with Crippen molar-refractivity contribution in [2.24, 2.45) is 0 Å². The summed E-state index contributed by atoms with van der Waals surface area (Å²) in [5, 5.41) is 4.17. The Hall–Kier alpha value is -2.66. The molecule has 2 heterocycles. The molecule has 1 fully saturated rings. The van der Waals surface area contributed by atoms with Gasteiger partial charge >= 0.3 is 0 Å². The minimum atomic E-state index is 0.434. The van der Waals surface area contributed by atoms with Gasteiger partial charge in [-0.3, -0.25) is 4.90 Å². The molecule has 0 bridgehead atoms. The highest BCUT2D eigenvalue weighted by atomic mass is 16.5. The molecule has 0 aliphatic carbocycles. The lowest BCUT2D eigenvalue weighted by Crippen LogP contribution is -2.23. The van der Waals surface area contributed by atoms with E-state index in [4.69, 9.17) is 9.26 Å². The Kier molecular flexibility index (Phi) is 4.48. The zero-order valence-electron chi connectivity index (χ0n) is 14.3. The van der Waals surface area contributed by atoms with Crippen LogP contribution in [-0.2, 0) is 6.54 Å². The van der Waals surface area contributed by atoms with E-state index in [0.29, 0.717) is 18.5 Å². The van der Waals surface area contributed by atoms with E-state index in [1.165, 1.54) is 18.4 Å². The second-order valence-electron chi connectivity index (χ2n) is 6.28. The van der Waals surface area contributed by atoms with Crippen LogP contribution < -0.4 is 4.74 Å². The molecule has 4 rings (SSSR count). The molecule has 25 heavy (non-hydrogen) atoms. The van der Waals surface area contributed by atoms with E-state index in [2.05, 4.69) is 45.4 Å². The molecule has 0 saturated carbocycles. The molecule has 128 valence electrons. The van der Waals surface area contributed by atoms with Crippen molar-refractivity contribution in [1.29, 1.82) is 0 Å². The van der Waals surface area contributed by atoms with E-state index in [1.807, 2.05) is 24.3 Å². The molecule has 5 heteroatoms. The van der Waals surface area contributed by atoms with Gasteiger partial charge in [0.15, 0.2) is 5.82 Å². The van der Waals surface area contributed by atoms with E-state index < -0.39 is 0 Å². The number of methoxy groups -OCH3 is 1. The third-order valence-electron chi connectivity index (χ3n) is 4.70. The van der Waals surface area contributed by atoms with Gasteiger partial charge in [0.1, 0.15) is 5.75 Å². The van der Waals surface area contributed by atoms with Crippen LogP contribution in [0.2, 0.25) is 0 Å². The zero-order chi connectivity index (χ0) is 17.1. The van der Waals surface area contributed by atoms with Crippen molar-refractivity contribution < 1.29 is 9.26 Å². The normalized spacial score (nSPS) is 17.7. The van der Waals surface area contributed by atoms with Crippen LogP contribution in [0.3, 0.4) is 0 Å². The minimum Gasteiger partial charge on any atom is -0.497 e. The first-order chi connectivity index (χ1) is 12.3. The summed E-state index contributed by atoms with van der Waals surface area (Å²) in [5.41, 5.74) is 2.26. The fraction of sp³-hybridized carbons (Fsp3) is 0.300. The Morgan fingerprint density at radius 2 is 1.92 bits per heavy atom. The molecule has 1 aliphatic rings. The lowest BCUT2D eigenvalue weighted by molar-refractivity contribution is 0.238. The largest absolute Gasteiger partial charge is 0.497 e. The van der Waals surface area contributed by atoms with E-state index >= 15 is 0 Å². The molecular formula is C20H21N3O2. The van der Waals surface area contributed by atoms with Crippen LogP contribution >= 0.6 is 0 Å². The maximum absolute atomic E-state index is 5.45. The molecule has 1 saturated heterocycles. The maximum atomic E-state index is 5.45. The topological polar surface area (TPSA) is 51.4 Å². The number of benzene rings is 2. The third-order valence-corrected chi connectivity index (χ3v) is 4.70. The van der Waals surface area contributed by atoms with Gasteiger partial charge in [-0.05, 0) is 49.2 Å². The van der Waals surface area contributed by atoms with Gasteiger partial charge in [0.05, 0.1) is 13.7 Å². The van der Waals surface area contributed by atoms with Gasteiger partial charge < -0.3 is 9.26 Å². The van der Waals surface area contributed by atoms with Gasteiger partial charge in [-0.1, -0.05) is 35.5 Å². The monoisotopic (exact) mass is 335 g/mol. The first-order valence-corrected chi connectivity index (χ1v) is 8.59. The Balaban J connectivity index is 1.48. The first-order valence-electron chi connectivity index (χ1n) is 8.59. The molecule has 2 aromatic carbocycles. The predicted molar refractivity (Wildman–Crippen MR) is 95.1 cm³/mol. The number of hydrogen-bond donors (Lipinski definition) is 0. The van der Waals surface area contributed by atoms with Crippen LogP contribution in [0, 0.1) is 0 Å². The van der Waals surface area contributed by atoms with Crippen molar-refractivity contribution in [2.45, 2.75) is 25.4 Å². The average Bonchev–Trinajstić information content (AvgIpc) is 3.33. The second kappa shape index (κ2) is 7.07. The van der Waals surface area contributed by atoms with Gasteiger partial charge in [-0.2, -0.15) is 4.98 Å². The van der Waals surface area contributed by atoms with Crippen LogP contribution in [-0.4, -0.2) is 28.7 Å². The van der Waals surface area contributed by atoms with E-state index in [1.54, 1.807) is 7.11 Å². The molecular weight excluding hydrogens is 314 g/mol. The quantitative estimate of drug-likeness (QED) is 0.703. The molecule has 0 amide bonds. The maximum Gasteiger partial charge on any atom is 0.257 e. The summed E-state index contributed by atoms with van der Waals surface area (Å²) in [7, 11) is 1.65. The minimum absolute atomic E-state index is 0.434. The van der Waals surface area contributed by atoms with Crippen molar-refractivity contribution >= 4 is 0 Å². The van der Waals surface area contributed by atoms with Crippen molar-refractivity contribution in [2.75, 3.05) is 13.7 Å². The van der Waals surface area contributed by atoms with Gasteiger partial charge in [-0.15, -0.1) is 0 Å². The second-order valence-corrected chi connectivity index (χ2v) is 6.28. The lowest BCUT2D eigenvalue weighted by atomic mass is 10.0. The molecule has 1 aromatic heterocycles. The van der Waals surface area contributed by atoms with Crippen LogP contribution in [0.25, 0.3) is 11.5 Å². The third kappa shape index (κ3) is 3.42. The summed E-state index contributed by atoms with van der Waals surface area (Å²) >= 11 is 0. The van der Waals surface area contributed by atoms with Crippen LogP contribution in [0.15, 0.2) is 59.1 Å². The summed E-state index contributed by atoms with van der Waals surface area (Å²) in [4.78, 5) is 7.00. The summed E-state index contributed by atoms with van der Waals surface area (Å²) in [6.07, 6.45) is 2.37. The molecule has 1 unspecified atom stereocenters. The van der Waals surface area contributed by atoms with Crippen molar-refractivity contribution in [1.82, 2.24) is 15.0 Å². The predicted octanol–water partition coefficient (Wildman–Crippen LogP) is 4.08. The Morgan fingerprint density at radius 1 is 1.12 bits per heavy atom. The molecule has 1 aliphatic heterocycles. The Labute approximate surface area is 147 Å². The highest BCUT2D eigenvalue weighted by Crippen LogP contribution is 2.32. The number of likely N-dealkylation sites (tertiary alicyclic amines) is 1. The fourth-order valence-electron chi connectivity index (χ4n) is 3.42. The van der Waals surface area contributed by atoms with Crippen molar-refractivity contribution in [3.05, 3.63) is 66.0 Å². The zero-order valence-corrected chi connectivity index (χ0v) is 14.3. The van der Waals surface area contributed by atoms with E-state index in [9.17, 15) is 0 Å². The van der Waals surface area contributed by atoms with Crippen molar-refractivity contribution in [3.63, 3.8) is 0 Å². The number of nitrogens with zero attached hydrogens (tertiary/aromatic N) is 3. The Bertz CT molecular complexity index is 814. The van der Waals surface area contributed by atoms with Crippen LogP contribution in [0.5, 0.6) is 5.75 Å². The molecule has 0 radical (unpaired) electrons. The smallest absolute Gasteiger partial charge is 0.257 e.